The van der Waals surface area contributed by atoms with E-state index in [1.165, 1.54) is 23.9 Å². The van der Waals surface area contributed by atoms with Gasteiger partial charge in [0, 0.05) is 9.89 Å². The summed E-state index contributed by atoms with van der Waals surface area (Å²) in [6.45, 7) is 6.19. The summed E-state index contributed by atoms with van der Waals surface area (Å²) in [5.74, 6) is 0.585. The van der Waals surface area contributed by atoms with E-state index in [0.717, 1.165) is 10.0 Å². The maximum absolute atomic E-state index is 13.3. The molecule has 4 rings (SSSR count). The van der Waals surface area contributed by atoms with Crippen LogP contribution in [0.3, 0.4) is 0 Å². The summed E-state index contributed by atoms with van der Waals surface area (Å²) in [5, 5.41) is 14.0. The maximum atomic E-state index is 13.3. The van der Waals surface area contributed by atoms with Crippen LogP contribution in [0.15, 0.2) is 75.0 Å². The fraction of sp³-hybridized carbons (Fsp3) is 0.214. The average molecular weight is 564 g/mol. The van der Waals surface area contributed by atoms with Crippen molar-refractivity contribution < 1.29 is 19.4 Å². The highest BCUT2D eigenvalue weighted by atomic mass is 79.9. The summed E-state index contributed by atoms with van der Waals surface area (Å²) >= 11 is 3.42. The molecule has 0 saturated heterocycles. The van der Waals surface area contributed by atoms with Crippen molar-refractivity contribution in [1.82, 2.24) is 9.66 Å². The molecule has 1 aromatic heterocycles. The molecule has 9 heteroatoms. The molecule has 0 atom stereocenters. The third-order valence-electron chi connectivity index (χ3n) is 5.58. The van der Waals surface area contributed by atoms with Crippen molar-refractivity contribution in [3.05, 3.63) is 98.0 Å². The van der Waals surface area contributed by atoms with Crippen LogP contribution < -0.4 is 15.0 Å². The average Bonchev–Trinajstić information content (AvgIpc) is 2.87. The van der Waals surface area contributed by atoms with Gasteiger partial charge in [0.15, 0.2) is 11.5 Å². The first-order valence-corrected chi connectivity index (χ1v) is 12.3. The van der Waals surface area contributed by atoms with Crippen LogP contribution in [0.5, 0.6) is 11.5 Å². The molecule has 0 aliphatic rings. The van der Waals surface area contributed by atoms with Crippen LogP contribution >= 0.6 is 15.9 Å². The van der Waals surface area contributed by atoms with Crippen LogP contribution in [0.1, 0.15) is 48.1 Å². The molecule has 37 heavy (non-hydrogen) atoms. The summed E-state index contributed by atoms with van der Waals surface area (Å²) in [6.07, 6.45) is 1.58. The van der Waals surface area contributed by atoms with Gasteiger partial charge in [-0.05, 0) is 59.7 Å². The number of rotatable bonds is 7. The topological polar surface area (TPSA) is 103 Å². The van der Waals surface area contributed by atoms with E-state index in [9.17, 15) is 9.59 Å². The molecule has 0 unspecified atom stereocenters. The van der Waals surface area contributed by atoms with Crippen molar-refractivity contribution in [2.75, 3.05) is 7.11 Å². The van der Waals surface area contributed by atoms with Gasteiger partial charge in [-0.3, -0.25) is 4.79 Å². The molecule has 0 bridgehead atoms. The predicted octanol–water partition coefficient (Wildman–Crippen LogP) is 5.62. The number of aromatic nitrogens is 2. The number of aromatic carboxylic acids is 1. The second-order valence-electron chi connectivity index (χ2n) is 9.41. The fourth-order valence-electron chi connectivity index (χ4n) is 3.65. The second-order valence-corrected chi connectivity index (χ2v) is 10.3. The van der Waals surface area contributed by atoms with E-state index in [-0.39, 0.29) is 17.7 Å². The van der Waals surface area contributed by atoms with E-state index in [1.54, 1.807) is 36.5 Å². The van der Waals surface area contributed by atoms with Gasteiger partial charge in [0.05, 0.1) is 29.8 Å². The SMILES string of the molecule is COc1cc(C=Nn2c(C(C)(C)C)nc3ccc(Br)cc3c2=O)ccc1OCc1ccc(C(=O)O)cc1. The summed E-state index contributed by atoms with van der Waals surface area (Å²) < 4.78 is 13.5. The van der Waals surface area contributed by atoms with E-state index < -0.39 is 11.4 Å². The molecule has 0 fully saturated rings. The number of fused-ring (bicyclic) bond motifs is 1. The zero-order chi connectivity index (χ0) is 26.7. The Labute approximate surface area is 222 Å². The number of hydrogen-bond donors (Lipinski definition) is 1. The highest BCUT2D eigenvalue weighted by Crippen LogP contribution is 2.29. The van der Waals surface area contributed by atoms with Gasteiger partial charge in [0.1, 0.15) is 12.4 Å². The van der Waals surface area contributed by atoms with E-state index in [0.29, 0.717) is 33.8 Å². The van der Waals surface area contributed by atoms with Crippen LogP contribution in [-0.4, -0.2) is 34.1 Å². The Hall–Kier alpha value is -3.98. The monoisotopic (exact) mass is 563 g/mol. The van der Waals surface area contributed by atoms with Crippen molar-refractivity contribution in [2.45, 2.75) is 32.8 Å². The van der Waals surface area contributed by atoms with Gasteiger partial charge in [0.25, 0.3) is 5.56 Å². The molecule has 4 aromatic rings. The molecular weight excluding hydrogens is 538 g/mol. The number of carbonyl (C=O) groups is 1. The molecular formula is C28H26BrN3O5. The molecule has 190 valence electrons. The Morgan fingerprint density at radius 1 is 1.08 bits per heavy atom. The fourth-order valence-corrected chi connectivity index (χ4v) is 4.02. The third-order valence-corrected chi connectivity index (χ3v) is 6.08. The minimum Gasteiger partial charge on any atom is -0.493 e. The molecule has 0 aliphatic heterocycles. The molecule has 0 radical (unpaired) electrons. The Kier molecular flexibility index (Phi) is 7.45. The third kappa shape index (κ3) is 5.89. The summed E-state index contributed by atoms with van der Waals surface area (Å²) in [7, 11) is 1.54. The van der Waals surface area contributed by atoms with Gasteiger partial charge in [-0.15, -0.1) is 0 Å². The van der Waals surface area contributed by atoms with E-state index >= 15 is 0 Å². The molecule has 3 aromatic carbocycles. The van der Waals surface area contributed by atoms with Crippen LogP contribution in [0, 0.1) is 0 Å². The zero-order valence-electron chi connectivity index (χ0n) is 20.9. The number of carboxylic acids is 1. The molecule has 8 nitrogen and oxygen atoms in total. The number of methoxy groups -OCH3 is 1. The lowest BCUT2D eigenvalue weighted by atomic mass is 9.95. The van der Waals surface area contributed by atoms with Crippen molar-refractivity contribution in [1.29, 1.82) is 0 Å². The molecule has 0 amide bonds. The highest BCUT2D eigenvalue weighted by Gasteiger charge is 2.23. The van der Waals surface area contributed by atoms with Crippen LogP contribution in [0.25, 0.3) is 10.9 Å². The summed E-state index contributed by atoms with van der Waals surface area (Å²) in [5.41, 5.74) is 1.68. The standard InChI is InChI=1S/C28H26BrN3O5/c1-28(2,3)27-31-22-11-10-20(29)14-21(22)25(33)32(27)30-15-18-7-12-23(24(13-18)36-4)37-16-17-5-8-19(9-6-17)26(34)35/h5-15H,16H2,1-4H3,(H,34,35). The lowest BCUT2D eigenvalue weighted by Gasteiger charge is -2.20. The van der Waals surface area contributed by atoms with Gasteiger partial charge in [0.2, 0.25) is 0 Å². The molecule has 0 spiro atoms. The van der Waals surface area contributed by atoms with Gasteiger partial charge >= 0.3 is 5.97 Å². The lowest BCUT2D eigenvalue weighted by molar-refractivity contribution is 0.0697. The number of nitrogens with zero attached hydrogens (tertiary/aromatic N) is 3. The highest BCUT2D eigenvalue weighted by molar-refractivity contribution is 9.10. The predicted molar refractivity (Wildman–Crippen MR) is 146 cm³/mol. The van der Waals surface area contributed by atoms with E-state index in [1.807, 2.05) is 39.0 Å². The van der Waals surface area contributed by atoms with Crippen molar-refractivity contribution in [3.63, 3.8) is 0 Å². The Bertz CT molecular complexity index is 1550. The number of carboxylic acid groups (broad SMARTS) is 1. The lowest BCUT2D eigenvalue weighted by Crippen LogP contribution is -2.29. The summed E-state index contributed by atoms with van der Waals surface area (Å²) in [4.78, 5) is 29.1. The molecule has 0 saturated carbocycles. The van der Waals surface area contributed by atoms with Gasteiger partial charge in [-0.2, -0.15) is 9.78 Å². The summed E-state index contributed by atoms with van der Waals surface area (Å²) in [6, 6.07) is 17.2. The Morgan fingerprint density at radius 3 is 2.46 bits per heavy atom. The minimum atomic E-state index is -0.976. The normalized spacial score (nSPS) is 11.7. The minimum absolute atomic E-state index is 0.216. The van der Waals surface area contributed by atoms with E-state index in [2.05, 4.69) is 21.0 Å². The Morgan fingerprint density at radius 2 is 1.81 bits per heavy atom. The quantitative estimate of drug-likeness (QED) is 0.292. The molecule has 1 N–H and O–H groups in total. The van der Waals surface area contributed by atoms with Crippen LogP contribution in [-0.2, 0) is 12.0 Å². The number of benzene rings is 3. The van der Waals surface area contributed by atoms with Gasteiger partial charge in [-0.25, -0.2) is 9.78 Å². The first kappa shape index (κ1) is 26.1. The van der Waals surface area contributed by atoms with Crippen LogP contribution in [0.4, 0.5) is 0 Å². The van der Waals surface area contributed by atoms with Crippen molar-refractivity contribution in [3.8, 4) is 11.5 Å². The van der Waals surface area contributed by atoms with Crippen molar-refractivity contribution >= 4 is 39.0 Å². The smallest absolute Gasteiger partial charge is 0.335 e. The second kappa shape index (κ2) is 10.6. The molecule has 1 heterocycles. The van der Waals surface area contributed by atoms with E-state index in [4.69, 9.17) is 19.6 Å². The zero-order valence-corrected chi connectivity index (χ0v) is 22.4. The van der Waals surface area contributed by atoms with Gasteiger partial charge < -0.3 is 14.6 Å². The molecule has 0 aliphatic carbocycles. The number of halogens is 1. The largest absolute Gasteiger partial charge is 0.493 e. The van der Waals surface area contributed by atoms with Crippen molar-refractivity contribution in [2.24, 2.45) is 5.10 Å². The number of hydrogen-bond acceptors (Lipinski definition) is 6. The first-order chi connectivity index (χ1) is 17.6. The van der Waals surface area contributed by atoms with Crippen LogP contribution in [0.2, 0.25) is 0 Å². The Balaban J connectivity index is 1.62. The number of ether oxygens (including phenoxy) is 2. The van der Waals surface area contributed by atoms with Gasteiger partial charge in [-0.1, -0.05) is 48.8 Å². The first-order valence-electron chi connectivity index (χ1n) is 11.5. The maximum Gasteiger partial charge on any atom is 0.335 e.